The van der Waals surface area contributed by atoms with Gasteiger partial charge in [0.05, 0.1) is 6.04 Å². The molecule has 1 saturated heterocycles. The number of aryl methyl sites for hydroxylation is 1. The van der Waals surface area contributed by atoms with Crippen LogP contribution >= 0.6 is 0 Å². The fourth-order valence-corrected chi connectivity index (χ4v) is 3.06. The number of amides is 1. The minimum absolute atomic E-state index is 0.0203. The van der Waals surface area contributed by atoms with Crippen LogP contribution in [0.3, 0.4) is 0 Å². The van der Waals surface area contributed by atoms with E-state index in [1.165, 1.54) is 0 Å². The third kappa shape index (κ3) is 3.70. The second-order valence-electron chi connectivity index (χ2n) is 6.40. The summed E-state index contributed by atoms with van der Waals surface area (Å²) in [7, 11) is 4.07. The first kappa shape index (κ1) is 16.4. The van der Waals surface area contributed by atoms with E-state index in [4.69, 9.17) is 4.52 Å². The molecule has 0 unspecified atom stereocenters. The minimum atomic E-state index is -0.204. The van der Waals surface area contributed by atoms with Gasteiger partial charge in [0.25, 0.3) is 5.91 Å². The zero-order valence-corrected chi connectivity index (χ0v) is 14.1. The molecule has 0 saturated carbocycles. The van der Waals surface area contributed by atoms with Gasteiger partial charge in [-0.05, 0) is 27.1 Å². The van der Waals surface area contributed by atoms with Gasteiger partial charge in [-0.3, -0.25) is 4.79 Å². The Hall–Kier alpha value is -2.48. The average Bonchev–Trinajstić information content (AvgIpc) is 3.15. The molecule has 2 aromatic heterocycles. The second kappa shape index (κ2) is 6.96. The molecule has 3 rings (SSSR count). The number of carbonyl (C=O) groups excluding carboxylic acids is 1. The highest BCUT2D eigenvalue weighted by Crippen LogP contribution is 2.23. The summed E-state index contributed by atoms with van der Waals surface area (Å²) < 4.78 is 4.99. The van der Waals surface area contributed by atoms with Crippen LogP contribution in [0, 0.1) is 12.8 Å². The van der Waals surface area contributed by atoms with Gasteiger partial charge in [0.1, 0.15) is 17.9 Å². The quantitative estimate of drug-likeness (QED) is 0.857. The third-order valence-corrected chi connectivity index (χ3v) is 4.11. The standard InChI is InChI=1S/C16H22N6O2/c1-11-6-13(20-24-11)16(23)19-14-9-22(8-12(14)7-21(2)3)15-4-5-17-10-18-15/h4-6,10,12,14H,7-9H2,1-3H3,(H,19,23)/t12-,14-/m1/s1. The molecule has 3 heterocycles. The van der Waals surface area contributed by atoms with E-state index in [0.717, 1.165) is 18.9 Å². The molecule has 0 aliphatic carbocycles. The van der Waals surface area contributed by atoms with Crippen LogP contribution in [-0.2, 0) is 0 Å². The van der Waals surface area contributed by atoms with Crippen molar-refractivity contribution in [3.8, 4) is 0 Å². The first-order valence-corrected chi connectivity index (χ1v) is 7.93. The Balaban J connectivity index is 1.72. The molecule has 8 nitrogen and oxygen atoms in total. The summed E-state index contributed by atoms with van der Waals surface area (Å²) >= 11 is 0. The first-order chi connectivity index (χ1) is 11.5. The van der Waals surface area contributed by atoms with Crippen LogP contribution in [0.4, 0.5) is 5.82 Å². The topological polar surface area (TPSA) is 87.4 Å². The number of hydrogen-bond donors (Lipinski definition) is 1. The van der Waals surface area contributed by atoms with E-state index >= 15 is 0 Å². The van der Waals surface area contributed by atoms with E-state index in [2.05, 4.69) is 30.2 Å². The van der Waals surface area contributed by atoms with Crippen LogP contribution in [0.1, 0.15) is 16.2 Å². The number of nitrogens with one attached hydrogen (secondary N) is 1. The number of nitrogens with zero attached hydrogens (tertiary/aromatic N) is 5. The molecule has 24 heavy (non-hydrogen) atoms. The van der Waals surface area contributed by atoms with Crippen molar-refractivity contribution in [2.75, 3.05) is 38.6 Å². The highest BCUT2D eigenvalue weighted by Gasteiger charge is 2.35. The van der Waals surface area contributed by atoms with Gasteiger partial charge < -0.3 is 19.6 Å². The molecule has 0 spiro atoms. The van der Waals surface area contributed by atoms with Crippen LogP contribution in [0.5, 0.6) is 0 Å². The number of anilines is 1. The van der Waals surface area contributed by atoms with E-state index in [-0.39, 0.29) is 11.9 Å². The summed E-state index contributed by atoms with van der Waals surface area (Å²) in [5.41, 5.74) is 0.316. The van der Waals surface area contributed by atoms with Crippen LogP contribution in [0.25, 0.3) is 0 Å². The number of rotatable bonds is 5. The first-order valence-electron chi connectivity index (χ1n) is 7.93. The molecule has 1 aliphatic rings. The molecule has 0 bridgehead atoms. The van der Waals surface area contributed by atoms with Crippen molar-refractivity contribution in [1.29, 1.82) is 0 Å². The van der Waals surface area contributed by atoms with Crippen molar-refractivity contribution >= 4 is 11.7 Å². The monoisotopic (exact) mass is 330 g/mol. The minimum Gasteiger partial charge on any atom is -0.361 e. The van der Waals surface area contributed by atoms with Crippen molar-refractivity contribution in [1.82, 2.24) is 25.3 Å². The predicted octanol–water partition coefficient (Wildman–Crippen LogP) is 0.569. The molecule has 0 radical (unpaired) electrons. The lowest BCUT2D eigenvalue weighted by atomic mass is 10.0. The van der Waals surface area contributed by atoms with Gasteiger partial charge in [0.15, 0.2) is 5.69 Å². The van der Waals surface area contributed by atoms with Crippen molar-refractivity contribution in [2.45, 2.75) is 13.0 Å². The van der Waals surface area contributed by atoms with Crippen molar-refractivity contribution in [3.63, 3.8) is 0 Å². The van der Waals surface area contributed by atoms with Crippen molar-refractivity contribution < 1.29 is 9.32 Å². The van der Waals surface area contributed by atoms with Crippen molar-refractivity contribution in [2.24, 2.45) is 5.92 Å². The highest BCUT2D eigenvalue weighted by molar-refractivity contribution is 5.92. The second-order valence-corrected chi connectivity index (χ2v) is 6.40. The Morgan fingerprint density at radius 3 is 2.92 bits per heavy atom. The molecule has 1 aliphatic heterocycles. The van der Waals surface area contributed by atoms with E-state index in [1.807, 2.05) is 20.2 Å². The van der Waals surface area contributed by atoms with E-state index in [1.54, 1.807) is 25.5 Å². The molecule has 2 aromatic rings. The molecular weight excluding hydrogens is 308 g/mol. The molecular formula is C16H22N6O2. The Kier molecular flexibility index (Phi) is 4.75. The van der Waals surface area contributed by atoms with Crippen LogP contribution in [-0.4, -0.2) is 65.7 Å². The number of carbonyl (C=O) groups is 1. The highest BCUT2D eigenvalue weighted by atomic mass is 16.5. The van der Waals surface area contributed by atoms with Gasteiger partial charge in [-0.15, -0.1) is 0 Å². The Labute approximate surface area is 140 Å². The largest absolute Gasteiger partial charge is 0.361 e. The lowest BCUT2D eigenvalue weighted by molar-refractivity contribution is 0.0918. The Morgan fingerprint density at radius 1 is 1.46 bits per heavy atom. The Morgan fingerprint density at radius 2 is 2.29 bits per heavy atom. The molecule has 1 amide bonds. The SMILES string of the molecule is Cc1cc(C(=O)N[C@@H]2CN(c3ccncn3)C[C@H]2CN(C)C)no1. The lowest BCUT2D eigenvalue weighted by Gasteiger charge is -2.22. The zero-order chi connectivity index (χ0) is 17.1. The fourth-order valence-electron chi connectivity index (χ4n) is 3.06. The van der Waals surface area contributed by atoms with Gasteiger partial charge in [0.2, 0.25) is 0 Å². The smallest absolute Gasteiger partial charge is 0.273 e. The summed E-state index contributed by atoms with van der Waals surface area (Å²) in [6, 6.07) is 3.55. The maximum atomic E-state index is 12.4. The summed E-state index contributed by atoms with van der Waals surface area (Å²) in [6.45, 7) is 4.19. The van der Waals surface area contributed by atoms with E-state index in [9.17, 15) is 4.79 Å². The van der Waals surface area contributed by atoms with E-state index in [0.29, 0.717) is 23.9 Å². The predicted molar refractivity (Wildman–Crippen MR) is 88.8 cm³/mol. The van der Waals surface area contributed by atoms with Crippen LogP contribution in [0.15, 0.2) is 29.2 Å². The molecule has 1 fully saturated rings. The number of hydrogen-bond acceptors (Lipinski definition) is 7. The lowest BCUT2D eigenvalue weighted by Crippen LogP contribution is -2.43. The van der Waals surface area contributed by atoms with Gasteiger partial charge >= 0.3 is 0 Å². The van der Waals surface area contributed by atoms with Gasteiger partial charge in [-0.2, -0.15) is 0 Å². The molecule has 8 heteroatoms. The van der Waals surface area contributed by atoms with Gasteiger partial charge in [-0.25, -0.2) is 9.97 Å². The van der Waals surface area contributed by atoms with Gasteiger partial charge in [0, 0.05) is 37.8 Å². The average molecular weight is 330 g/mol. The zero-order valence-electron chi connectivity index (χ0n) is 14.1. The summed E-state index contributed by atoms with van der Waals surface area (Å²) in [5, 5.41) is 6.88. The maximum Gasteiger partial charge on any atom is 0.273 e. The molecule has 128 valence electrons. The molecule has 2 atom stereocenters. The number of aromatic nitrogens is 3. The normalized spacial score (nSPS) is 20.6. The molecule has 1 N–H and O–H groups in total. The summed E-state index contributed by atoms with van der Waals surface area (Å²) in [5.74, 6) is 1.60. The fraction of sp³-hybridized carbons (Fsp3) is 0.500. The third-order valence-electron chi connectivity index (χ3n) is 4.11. The van der Waals surface area contributed by atoms with Crippen LogP contribution < -0.4 is 10.2 Å². The van der Waals surface area contributed by atoms with Crippen molar-refractivity contribution in [3.05, 3.63) is 36.1 Å². The Bertz CT molecular complexity index is 687. The summed E-state index contributed by atoms with van der Waals surface area (Å²) in [6.07, 6.45) is 3.27. The van der Waals surface area contributed by atoms with E-state index < -0.39 is 0 Å². The van der Waals surface area contributed by atoms with Crippen LogP contribution in [0.2, 0.25) is 0 Å². The maximum absolute atomic E-state index is 12.4. The molecule has 0 aromatic carbocycles. The summed E-state index contributed by atoms with van der Waals surface area (Å²) in [4.78, 5) is 25.0. The van der Waals surface area contributed by atoms with Gasteiger partial charge in [-0.1, -0.05) is 5.16 Å².